The summed E-state index contributed by atoms with van der Waals surface area (Å²) in [5.74, 6) is 0.141. The molecule has 3 N–H and O–H groups in total. The van der Waals surface area contributed by atoms with Crippen LogP contribution < -0.4 is 5.73 Å². The molecule has 0 unspecified atom stereocenters. The van der Waals surface area contributed by atoms with Crippen LogP contribution in [-0.2, 0) is 4.79 Å². The Morgan fingerprint density at radius 3 is 2.27 bits per heavy atom. The number of halogens is 1. The second-order valence-corrected chi connectivity index (χ2v) is 5.57. The van der Waals surface area contributed by atoms with Gasteiger partial charge in [-0.3, -0.25) is 4.79 Å². The number of hydrogen-bond donors (Lipinski definition) is 2. The van der Waals surface area contributed by atoms with Gasteiger partial charge in [-0.1, -0.05) is 20.8 Å². The van der Waals surface area contributed by atoms with Crippen LogP contribution in [0.1, 0.15) is 27.2 Å². The standard InChI is InChI=1S/C11H19NO2.ClH/c1-5-6-4-7(11(6,2)3)9(12)8(5)10(13)14;/h5-9H,4,12H2,1-3H3,(H,13,14);1H/t5-,6-,7+,8+,9-;/m0./s1. The molecule has 0 aliphatic heterocycles. The summed E-state index contributed by atoms with van der Waals surface area (Å²) in [6.07, 6.45) is 1.12. The third kappa shape index (κ3) is 1.48. The highest BCUT2D eigenvalue weighted by molar-refractivity contribution is 5.85. The fourth-order valence-electron chi connectivity index (χ4n) is 3.78. The lowest BCUT2D eigenvalue weighted by Gasteiger charge is -2.63. The topological polar surface area (TPSA) is 63.3 Å². The van der Waals surface area contributed by atoms with Crippen LogP contribution in [-0.4, -0.2) is 17.1 Å². The summed E-state index contributed by atoms with van der Waals surface area (Å²) in [5, 5.41) is 9.11. The van der Waals surface area contributed by atoms with Crippen LogP contribution in [0.4, 0.5) is 0 Å². The fourth-order valence-corrected chi connectivity index (χ4v) is 3.78. The van der Waals surface area contributed by atoms with Gasteiger partial charge in [-0.05, 0) is 29.6 Å². The highest BCUT2D eigenvalue weighted by Crippen LogP contribution is 2.62. The van der Waals surface area contributed by atoms with Gasteiger partial charge < -0.3 is 10.8 Å². The van der Waals surface area contributed by atoms with Crippen LogP contribution in [0.2, 0.25) is 0 Å². The van der Waals surface area contributed by atoms with Crippen molar-refractivity contribution in [3.8, 4) is 0 Å². The summed E-state index contributed by atoms with van der Waals surface area (Å²) < 4.78 is 0. The van der Waals surface area contributed by atoms with Gasteiger partial charge in [0, 0.05) is 6.04 Å². The average molecular weight is 234 g/mol. The molecule has 5 atom stereocenters. The molecular formula is C11H20ClNO2. The molecule has 15 heavy (non-hydrogen) atoms. The second-order valence-electron chi connectivity index (χ2n) is 5.57. The minimum Gasteiger partial charge on any atom is -0.481 e. The summed E-state index contributed by atoms with van der Waals surface area (Å²) in [6, 6.07) is -0.150. The van der Waals surface area contributed by atoms with Crippen molar-refractivity contribution >= 4 is 18.4 Å². The van der Waals surface area contributed by atoms with Crippen LogP contribution in [0.15, 0.2) is 0 Å². The van der Waals surface area contributed by atoms with E-state index in [1.54, 1.807) is 0 Å². The minimum atomic E-state index is -0.713. The summed E-state index contributed by atoms with van der Waals surface area (Å²) in [6.45, 7) is 6.49. The number of nitrogens with two attached hydrogens (primary N) is 1. The average Bonchev–Trinajstić information content (AvgIpc) is 2.00. The quantitative estimate of drug-likeness (QED) is 0.725. The second kappa shape index (κ2) is 3.63. The molecule has 0 saturated heterocycles. The van der Waals surface area contributed by atoms with E-state index in [4.69, 9.17) is 10.8 Å². The molecule has 0 aromatic rings. The Morgan fingerprint density at radius 1 is 1.40 bits per heavy atom. The van der Waals surface area contributed by atoms with Crippen LogP contribution in [0.25, 0.3) is 0 Å². The number of carbonyl (C=O) groups is 1. The Morgan fingerprint density at radius 2 is 1.93 bits per heavy atom. The zero-order valence-corrected chi connectivity index (χ0v) is 10.3. The predicted octanol–water partition coefficient (Wildman–Crippen LogP) is 1.75. The molecule has 0 aromatic carbocycles. The van der Waals surface area contributed by atoms with Crippen molar-refractivity contribution in [2.75, 3.05) is 0 Å². The van der Waals surface area contributed by atoms with E-state index in [1.165, 1.54) is 0 Å². The van der Waals surface area contributed by atoms with E-state index in [-0.39, 0.29) is 35.7 Å². The molecule has 0 heterocycles. The number of aliphatic carboxylic acids is 1. The number of carboxylic acid groups (broad SMARTS) is 1. The largest absolute Gasteiger partial charge is 0.481 e. The van der Waals surface area contributed by atoms with E-state index < -0.39 is 5.97 Å². The zero-order valence-electron chi connectivity index (χ0n) is 9.43. The Bertz CT molecular complexity index is 262. The molecule has 88 valence electrons. The van der Waals surface area contributed by atoms with Gasteiger partial charge in [0.1, 0.15) is 0 Å². The Balaban J connectivity index is 0.00000112. The molecular weight excluding hydrogens is 214 g/mol. The van der Waals surface area contributed by atoms with E-state index in [0.717, 1.165) is 6.42 Å². The molecule has 3 rings (SSSR count). The van der Waals surface area contributed by atoms with Crippen LogP contribution >= 0.6 is 12.4 Å². The van der Waals surface area contributed by atoms with Crippen molar-refractivity contribution in [2.45, 2.75) is 33.2 Å². The van der Waals surface area contributed by atoms with Gasteiger partial charge in [-0.2, -0.15) is 0 Å². The maximum atomic E-state index is 11.1. The molecule has 4 heteroatoms. The SMILES string of the molecule is C[C@@H]1[C@@H](C(=O)O)[C@@H](N)[C@H]2C[C@@H]1C2(C)C.Cl. The lowest BCUT2D eigenvalue weighted by atomic mass is 9.42. The summed E-state index contributed by atoms with van der Waals surface area (Å²) >= 11 is 0. The minimum absolute atomic E-state index is 0. The van der Waals surface area contributed by atoms with Crippen molar-refractivity contribution in [3.63, 3.8) is 0 Å². The molecule has 3 fully saturated rings. The molecule has 0 radical (unpaired) electrons. The Hall–Kier alpha value is -0.280. The maximum Gasteiger partial charge on any atom is 0.308 e. The lowest BCUT2D eigenvalue weighted by molar-refractivity contribution is -0.173. The Labute approximate surface area is 96.8 Å². The van der Waals surface area contributed by atoms with E-state index in [9.17, 15) is 4.79 Å². The molecule has 0 aromatic heterocycles. The van der Waals surface area contributed by atoms with Gasteiger partial charge in [-0.25, -0.2) is 0 Å². The third-order valence-electron chi connectivity index (χ3n) is 4.78. The van der Waals surface area contributed by atoms with Crippen LogP contribution in [0.3, 0.4) is 0 Å². The normalized spacial score (nSPS) is 46.3. The molecule has 3 nitrogen and oxygen atoms in total. The van der Waals surface area contributed by atoms with Gasteiger partial charge in [0.25, 0.3) is 0 Å². The fraction of sp³-hybridized carbons (Fsp3) is 0.909. The monoisotopic (exact) mass is 233 g/mol. The van der Waals surface area contributed by atoms with Crippen molar-refractivity contribution in [2.24, 2.45) is 34.8 Å². The van der Waals surface area contributed by atoms with Gasteiger partial charge >= 0.3 is 5.97 Å². The number of carboxylic acids is 1. The van der Waals surface area contributed by atoms with Crippen LogP contribution in [0, 0.1) is 29.1 Å². The highest BCUT2D eigenvalue weighted by atomic mass is 35.5. The predicted molar refractivity (Wildman–Crippen MR) is 60.9 cm³/mol. The van der Waals surface area contributed by atoms with Crippen molar-refractivity contribution in [1.29, 1.82) is 0 Å². The maximum absolute atomic E-state index is 11.1. The smallest absolute Gasteiger partial charge is 0.308 e. The third-order valence-corrected chi connectivity index (χ3v) is 4.78. The first-order chi connectivity index (χ1) is 6.37. The van der Waals surface area contributed by atoms with Gasteiger partial charge in [-0.15, -0.1) is 12.4 Å². The molecule has 3 saturated carbocycles. The van der Waals surface area contributed by atoms with Crippen molar-refractivity contribution in [3.05, 3.63) is 0 Å². The number of rotatable bonds is 1. The molecule has 2 bridgehead atoms. The van der Waals surface area contributed by atoms with Crippen molar-refractivity contribution < 1.29 is 9.90 Å². The Kier molecular flexibility index (Phi) is 3.10. The van der Waals surface area contributed by atoms with Crippen LogP contribution in [0.5, 0.6) is 0 Å². The van der Waals surface area contributed by atoms with Gasteiger partial charge in [0.05, 0.1) is 5.92 Å². The first-order valence-corrected chi connectivity index (χ1v) is 5.35. The summed E-state index contributed by atoms with van der Waals surface area (Å²) in [5.41, 5.74) is 6.30. The molecule has 3 aliphatic carbocycles. The summed E-state index contributed by atoms with van der Waals surface area (Å²) in [4.78, 5) is 11.1. The molecule has 0 amide bonds. The number of hydrogen-bond acceptors (Lipinski definition) is 2. The van der Waals surface area contributed by atoms with Crippen molar-refractivity contribution in [1.82, 2.24) is 0 Å². The van der Waals surface area contributed by atoms with E-state index in [2.05, 4.69) is 13.8 Å². The highest BCUT2D eigenvalue weighted by Gasteiger charge is 2.61. The van der Waals surface area contributed by atoms with Gasteiger partial charge in [0.2, 0.25) is 0 Å². The number of fused-ring (bicyclic) bond motifs is 2. The van der Waals surface area contributed by atoms with E-state index in [0.29, 0.717) is 11.8 Å². The van der Waals surface area contributed by atoms with E-state index in [1.807, 2.05) is 6.92 Å². The lowest BCUT2D eigenvalue weighted by Crippen LogP contribution is -2.66. The first kappa shape index (κ1) is 12.8. The first-order valence-electron chi connectivity index (χ1n) is 5.35. The molecule has 0 spiro atoms. The zero-order chi connectivity index (χ0) is 10.7. The van der Waals surface area contributed by atoms with E-state index >= 15 is 0 Å². The summed E-state index contributed by atoms with van der Waals surface area (Å²) in [7, 11) is 0. The molecule has 3 aliphatic rings. The van der Waals surface area contributed by atoms with Gasteiger partial charge in [0.15, 0.2) is 0 Å².